The number of carbonyl (C=O) groups is 1. The van der Waals surface area contributed by atoms with Gasteiger partial charge in [-0.05, 0) is 25.0 Å². The molecule has 0 unspecified atom stereocenters. The lowest BCUT2D eigenvalue weighted by Gasteiger charge is -2.17. The number of aromatic nitrogens is 3. The molecule has 0 fully saturated rings. The van der Waals surface area contributed by atoms with Crippen molar-refractivity contribution in [2.75, 3.05) is 0 Å². The van der Waals surface area contributed by atoms with Crippen molar-refractivity contribution in [3.05, 3.63) is 64.7 Å². The fourth-order valence-corrected chi connectivity index (χ4v) is 3.52. The number of rotatable bonds is 6. The topological polar surface area (TPSA) is 94.1 Å². The lowest BCUT2D eigenvalue weighted by atomic mass is 10.0. The van der Waals surface area contributed by atoms with Gasteiger partial charge >= 0.3 is 0 Å². The van der Waals surface area contributed by atoms with Crippen LogP contribution in [0.4, 0.5) is 0 Å². The molecule has 0 spiro atoms. The molecule has 0 bridgehead atoms. The third-order valence-electron chi connectivity index (χ3n) is 4.46. The Hall–Kier alpha value is -3.26. The van der Waals surface area contributed by atoms with Crippen LogP contribution in [0.15, 0.2) is 57.0 Å². The lowest BCUT2D eigenvalue weighted by molar-refractivity contribution is 0.0885. The van der Waals surface area contributed by atoms with E-state index in [2.05, 4.69) is 20.4 Å². The van der Waals surface area contributed by atoms with Crippen molar-refractivity contribution in [1.29, 1.82) is 0 Å². The van der Waals surface area contributed by atoms with Crippen LogP contribution in [0.25, 0.3) is 22.6 Å². The molecular formula is C21H20N4O3S. The fourth-order valence-electron chi connectivity index (χ4n) is 2.90. The van der Waals surface area contributed by atoms with Crippen LogP contribution in [0.1, 0.15) is 41.3 Å². The highest BCUT2D eigenvalue weighted by Crippen LogP contribution is 2.27. The number of nitrogens with one attached hydrogen (secondary N) is 1. The quantitative estimate of drug-likeness (QED) is 0.488. The maximum atomic E-state index is 12.3. The summed E-state index contributed by atoms with van der Waals surface area (Å²) in [4.78, 5) is 21.4. The molecular weight excluding hydrogens is 388 g/mol. The first-order chi connectivity index (χ1) is 14.0. The molecule has 0 aliphatic heterocycles. The summed E-state index contributed by atoms with van der Waals surface area (Å²) < 4.78 is 10.6. The van der Waals surface area contributed by atoms with Crippen LogP contribution < -0.4 is 5.32 Å². The first-order valence-corrected chi connectivity index (χ1v) is 10.1. The maximum Gasteiger partial charge on any atom is 0.287 e. The smallest absolute Gasteiger partial charge is 0.287 e. The minimum atomic E-state index is -0.425. The predicted octanol–water partition coefficient (Wildman–Crippen LogP) is 4.89. The van der Waals surface area contributed by atoms with Gasteiger partial charge in [0.05, 0.1) is 17.0 Å². The molecule has 0 aliphatic rings. The number of aryl methyl sites for hydroxylation is 1. The van der Waals surface area contributed by atoms with Crippen LogP contribution in [0.3, 0.4) is 0 Å². The zero-order valence-corrected chi connectivity index (χ0v) is 17.1. The summed E-state index contributed by atoms with van der Waals surface area (Å²) in [7, 11) is 0. The summed E-state index contributed by atoms with van der Waals surface area (Å²) in [6.45, 7) is 5.93. The molecule has 0 saturated carbocycles. The monoisotopic (exact) mass is 408 g/mol. The Kier molecular flexibility index (Phi) is 5.26. The van der Waals surface area contributed by atoms with E-state index < -0.39 is 6.04 Å². The molecule has 1 N–H and O–H groups in total. The first-order valence-electron chi connectivity index (χ1n) is 9.22. The Balaban J connectivity index is 1.53. The van der Waals surface area contributed by atoms with Crippen molar-refractivity contribution >= 4 is 17.2 Å². The fraction of sp³-hybridized carbons (Fsp3) is 0.238. The van der Waals surface area contributed by atoms with Gasteiger partial charge in [-0.25, -0.2) is 4.98 Å². The Morgan fingerprint density at radius 2 is 1.86 bits per heavy atom. The van der Waals surface area contributed by atoms with Gasteiger partial charge in [0.15, 0.2) is 5.76 Å². The van der Waals surface area contributed by atoms with E-state index in [1.165, 1.54) is 6.26 Å². The van der Waals surface area contributed by atoms with E-state index in [1.54, 1.807) is 23.5 Å². The molecule has 0 aliphatic carbocycles. The van der Waals surface area contributed by atoms with Gasteiger partial charge in [-0.15, -0.1) is 11.3 Å². The average molecular weight is 408 g/mol. The lowest BCUT2D eigenvalue weighted by Crippen LogP contribution is -2.31. The summed E-state index contributed by atoms with van der Waals surface area (Å²) in [6.07, 6.45) is 1.46. The molecule has 1 atom stereocenters. The normalized spacial score (nSPS) is 12.3. The van der Waals surface area contributed by atoms with E-state index in [4.69, 9.17) is 8.94 Å². The highest BCUT2D eigenvalue weighted by molar-refractivity contribution is 7.09. The number of amides is 1. The zero-order chi connectivity index (χ0) is 20.4. The minimum absolute atomic E-state index is 0.0532. The average Bonchev–Trinajstić information content (AvgIpc) is 3.47. The van der Waals surface area contributed by atoms with Gasteiger partial charge in [0.1, 0.15) is 6.04 Å². The second-order valence-electron chi connectivity index (χ2n) is 6.96. The number of benzene rings is 1. The van der Waals surface area contributed by atoms with Gasteiger partial charge in [-0.1, -0.05) is 43.3 Å². The largest absolute Gasteiger partial charge is 0.459 e. The number of thiazole rings is 1. The Labute approximate surface area is 171 Å². The highest BCUT2D eigenvalue weighted by Gasteiger charge is 2.26. The highest BCUT2D eigenvalue weighted by atomic mass is 32.1. The van der Waals surface area contributed by atoms with Crippen molar-refractivity contribution in [3.8, 4) is 22.6 Å². The Bertz CT molecular complexity index is 1100. The number of hydrogen-bond donors (Lipinski definition) is 1. The number of furan rings is 1. The molecule has 1 aromatic carbocycles. The van der Waals surface area contributed by atoms with Crippen LogP contribution >= 0.6 is 11.3 Å². The first kappa shape index (κ1) is 19.1. The molecule has 3 heterocycles. The SMILES string of the molecule is Cc1nc(-c2ccc(-c3noc([C@H](NC(=O)c4ccco4)C(C)C)n3)cc2)cs1. The van der Waals surface area contributed by atoms with Gasteiger partial charge < -0.3 is 14.3 Å². The Morgan fingerprint density at radius 1 is 1.10 bits per heavy atom. The predicted molar refractivity (Wildman–Crippen MR) is 109 cm³/mol. The molecule has 4 aromatic rings. The van der Waals surface area contributed by atoms with Crippen LogP contribution in [0, 0.1) is 12.8 Å². The maximum absolute atomic E-state index is 12.3. The third kappa shape index (κ3) is 4.12. The van der Waals surface area contributed by atoms with Gasteiger partial charge in [-0.2, -0.15) is 4.98 Å². The Morgan fingerprint density at radius 3 is 2.48 bits per heavy atom. The molecule has 4 rings (SSSR count). The van der Waals surface area contributed by atoms with Crippen molar-refractivity contribution in [2.24, 2.45) is 5.92 Å². The van der Waals surface area contributed by atoms with Gasteiger partial charge in [0, 0.05) is 16.5 Å². The van der Waals surface area contributed by atoms with E-state index >= 15 is 0 Å². The standard InChI is InChI=1S/C21H20N4O3S/c1-12(2)18(23-20(26)17-5-4-10-27-17)21-24-19(25-28-21)15-8-6-14(7-9-15)16-11-29-13(3)22-16/h4-12,18H,1-3H3,(H,23,26)/t18-/m1/s1. The van der Waals surface area contributed by atoms with Crippen molar-refractivity contribution in [3.63, 3.8) is 0 Å². The second kappa shape index (κ2) is 8.00. The summed E-state index contributed by atoms with van der Waals surface area (Å²) in [5, 5.41) is 10.1. The van der Waals surface area contributed by atoms with Crippen LogP contribution in [0.5, 0.6) is 0 Å². The van der Waals surface area contributed by atoms with E-state index in [-0.39, 0.29) is 17.6 Å². The summed E-state index contributed by atoms with van der Waals surface area (Å²) in [5.74, 6) is 0.796. The zero-order valence-electron chi connectivity index (χ0n) is 16.2. The van der Waals surface area contributed by atoms with Crippen LogP contribution in [-0.4, -0.2) is 21.0 Å². The molecule has 0 saturated heterocycles. The summed E-state index contributed by atoms with van der Waals surface area (Å²) >= 11 is 1.62. The van der Waals surface area contributed by atoms with Gasteiger partial charge in [0.25, 0.3) is 5.91 Å². The molecule has 7 nitrogen and oxygen atoms in total. The van der Waals surface area contributed by atoms with Crippen LogP contribution in [-0.2, 0) is 0 Å². The molecule has 3 aromatic heterocycles. The molecule has 148 valence electrons. The second-order valence-corrected chi connectivity index (χ2v) is 8.02. The van der Waals surface area contributed by atoms with Crippen molar-refractivity contribution < 1.29 is 13.7 Å². The third-order valence-corrected chi connectivity index (χ3v) is 5.24. The number of nitrogens with zero attached hydrogens (tertiary/aromatic N) is 3. The van der Waals surface area contributed by atoms with E-state index in [0.29, 0.717) is 11.7 Å². The van der Waals surface area contributed by atoms with E-state index in [1.807, 2.05) is 50.4 Å². The summed E-state index contributed by atoms with van der Waals surface area (Å²) in [5.41, 5.74) is 2.82. The number of hydrogen-bond acceptors (Lipinski definition) is 7. The molecule has 1 amide bonds. The van der Waals surface area contributed by atoms with Gasteiger partial charge in [-0.3, -0.25) is 4.79 Å². The van der Waals surface area contributed by atoms with E-state index in [9.17, 15) is 4.79 Å². The summed E-state index contributed by atoms with van der Waals surface area (Å²) in [6, 6.07) is 10.7. The van der Waals surface area contributed by atoms with Crippen LogP contribution in [0.2, 0.25) is 0 Å². The molecule has 29 heavy (non-hydrogen) atoms. The molecule has 8 heteroatoms. The minimum Gasteiger partial charge on any atom is -0.459 e. The van der Waals surface area contributed by atoms with Crippen molar-refractivity contribution in [2.45, 2.75) is 26.8 Å². The van der Waals surface area contributed by atoms with E-state index in [0.717, 1.165) is 21.8 Å². The molecule has 0 radical (unpaired) electrons. The van der Waals surface area contributed by atoms with Crippen molar-refractivity contribution in [1.82, 2.24) is 20.4 Å². The number of carbonyl (C=O) groups excluding carboxylic acids is 1. The van der Waals surface area contributed by atoms with Gasteiger partial charge in [0.2, 0.25) is 11.7 Å².